The van der Waals surface area contributed by atoms with Crippen molar-refractivity contribution >= 4 is 35.3 Å². The van der Waals surface area contributed by atoms with Gasteiger partial charge >= 0.3 is 0 Å². The SMILES string of the molecule is Cc1nc(NSC2CC(COc3cc(F)c(F)cc3F)C2)nc2c1NC(=O)[C@@H](C)N2C. The number of rotatable bonds is 6. The molecule has 1 aliphatic heterocycles. The molecule has 2 aromatic rings. The first kappa shape index (κ1) is 21.5. The maximum atomic E-state index is 13.6. The average molecular weight is 453 g/mol. The fourth-order valence-corrected chi connectivity index (χ4v) is 4.56. The number of halogens is 3. The second-order valence-electron chi connectivity index (χ2n) is 7.79. The fourth-order valence-electron chi connectivity index (χ4n) is 3.46. The van der Waals surface area contributed by atoms with Crippen molar-refractivity contribution in [1.29, 1.82) is 0 Å². The van der Waals surface area contributed by atoms with Crippen molar-refractivity contribution < 1.29 is 22.7 Å². The summed E-state index contributed by atoms with van der Waals surface area (Å²) < 4.78 is 48.3. The molecule has 1 aliphatic carbocycles. The van der Waals surface area contributed by atoms with Gasteiger partial charge < -0.3 is 15.0 Å². The van der Waals surface area contributed by atoms with E-state index < -0.39 is 17.5 Å². The Kier molecular flexibility index (Phi) is 5.87. The third kappa shape index (κ3) is 4.36. The molecule has 0 saturated heterocycles. The number of fused-ring (bicyclic) bond motifs is 1. The van der Waals surface area contributed by atoms with E-state index in [9.17, 15) is 18.0 Å². The van der Waals surface area contributed by atoms with E-state index in [2.05, 4.69) is 20.0 Å². The van der Waals surface area contributed by atoms with Gasteiger partial charge in [0.25, 0.3) is 0 Å². The third-order valence-corrected chi connectivity index (χ3v) is 6.59. The minimum absolute atomic E-state index is 0.0947. The normalized spacial score (nSPS) is 22.5. The van der Waals surface area contributed by atoms with Crippen LogP contribution in [0, 0.1) is 30.3 Å². The van der Waals surface area contributed by atoms with Crippen LogP contribution in [0.15, 0.2) is 12.1 Å². The molecule has 1 aromatic carbocycles. The molecule has 166 valence electrons. The Morgan fingerprint density at radius 3 is 2.68 bits per heavy atom. The molecule has 1 atom stereocenters. The molecule has 1 saturated carbocycles. The summed E-state index contributed by atoms with van der Waals surface area (Å²) in [7, 11) is 1.82. The number of nitrogens with zero attached hydrogens (tertiary/aromatic N) is 3. The molecule has 2 aliphatic rings. The third-order valence-electron chi connectivity index (χ3n) is 5.57. The first-order valence-electron chi connectivity index (χ1n) is 9.84. The van der Waals surface area contributed by atoms with Gasteiger partial charge in [-0.15, -0.1) is 0 Å². The number of hydrogen-bond acceptors (Lipinski definition) is 7. The number of carbonyl (C=O) groups excluding carboxylic acids is 1. The van der Waals surface area contributed by atoms with Crippen LogP contribution in [-0.4, -0.2) is 40.8 Å². The summed E-state index contributed by atoms with van der Waals surface area (Å²) >= 11 is 1.49. The van der Waals surface area contributed by atoms with Crippen molar-refractivity contribution in [1.82, 2.24) is 9.97 Å². The molecule has 0 unspecified atom stereocenters. The summed E-state index contributed by atoms with van der Waals surface area (Å²) in [5, 5.41) is 3.13. The van der Waals surface area contributed by atoms with E-state index in [4.69, 9.17) is 4.74 Å². The van der Waals surface area contributed by atoms with Crippen LogP contribution in [-0.2, 0) is 4.79 Å². The lowest BCUT2D eigenvalue weighted by molar-refractivity contribution is -0.117. The van der Waals surface area contributed by atoms with E-state index in [1.54, 1.807) is 6.92 Å². The molecule has 4 rings (SSSR count). The van der Waals surface area contributed by atoms with Gasteiger partial charge in [0.1, 0.15) is 11.7 Å². The molecule has 0 bridgehead atoms. The quantitative estimate of drug-likeness (QED) is 0.507. The van der Waals surface area contributed by atoms with Gasteiger partial charge in [-0.25, -0.2) is 18.2 Å². The van der Waals surface area contributed by atoms with Crippen molar-refractivity contribution in [3.8, 4) is 5.75 Å². The van der Waals surface area contributed by atoms with E-state index >= 15 is 0 Å². The van der Waals surface area contributed by atoms with Gasteiger partial charge in [-0.05, 0) is 44.6 Å². The number of anilines is 3. The van der Waals surface area contributed by atoms with E-state index in [-0.39, 0.29) is 30.2 Å². The molecule has 0 spiro atoms. The van der Waals surface area contributed by atoms with Crippen LogP contribution >= 0.6 is 11.9 Å². The van der Waals surface area contributed by atoms with Crippen LogP contribution in [0.4, 0.5) is 30.6 Å². The van der Waals surface area contributed by atoms with Crippen LogP contribution < -0.4 is 19.7 Å². The molecule has 1 fully saturated rings. The molecule has 0 radical (unpaired) electrons. The zero-order valence-electron chi connectivity index (χ0n) is 17.2. The Balaban J connectivity index is 1.28. The number of likely N-dealkylation sites (N-methyl/N-ethyl adjacent to an activating group) is 1. The van der Waals surface area contributed by atoms with Crippen molar-refractivity contribution in [2.75, 3.05) is 28.6 Å². The summed E-state index contributed by atoms with van der Waals surface area (Å²) in [6.45, 7) is 3.85. The lowest BCUT2D eigenvalue weighted by Gasteiger charge is -2.35. The van der Waals surface area contributed by atoms with E-state index in [0.717, 1.165) is 18.9 Å². The molecule has 1 amide bonds. The minimum atomic E-state index is -1.24. The Morgan fingerprint density at radius 2 is 1.94 bits per heavy atom. The zero-order chi connectivity index (χ0) is 22.3. The Morgan fingerprint density at radius 1 is 1.23 bits per heavy atom. The number of aromatic nitrogens is 2. The van der Waals surface area contributed by atoms with E-state index in [0.29, 0.717) is 34.5 Å². The highest BCUT2D eigenvalue weighted by Gasteiger charge is 2.32. The van der Waals surface area contributed by atoms with Gasteiger partial charge in [-0.3, -0.25) is 9.52 Å². The number of ether oxygens (including phenoxy) is 1. The predicted molar refractivity (Wildman–Crippen MR) is 113 cm³/mol. The van der Waals surface area contributed by atoms with Gasteiger partial charge in [0.15, 0.2) is 29.0 Å². The van der Waals surface area contributed by atoms with Gasteiger partial charge in [-0.2, -0.15) is 4.98 Å². The molecule has 31 heavy (non-hydrogen) atoms. The van der Waals surface area contributed by atoms with Crippen LogP contribution in [0.1, 0.15) is 25.5 Å². The van der Waals surface area contributed by atoms with Crippen molar-refractivity contribution in [2.24, 2.45) is 5.92 Å². The lowest BCUT2D eigenvalue weighted by Crippen LogP contribution is -2.44. The Bertz CT molecular complexity index is 1020. The molecular formula is C20H22F3N5O2S. The fraction of sp³-hybridized carbons (Fsp3) is 0.450. The highest BCUT2D eigenvalue weighted by atomic mass is 32.2. The maximum Gasteiger partial charge on any atom is 0.246 e. The number of hydrogen-bond donors (Lipinski definition) is 2. The smallest absolute Gasteiger partial charge is 0.246 e. The summed E-state index contributed by atoms with van der Waals surface area (Å²) in [5.74, 6) is -2.35. The van der Waals surface area contributed by atoms with Crippen LogP contribution in [0.2, 0.25) is 0 Å². The first-order valence-corrected chi connectivity index (χ1v) is 10.7. The van der Waals surface area contributed by atoms with Crippen molar-refractivity contribution in [2.45, 2.75) is 38.0 Å². The average Bonchev–Trinajstić information content (AvgIpc) is 2.69. The topological polar surface area (TPSA) is 79.4 Å². The molecule has 2 N–H and O–H groups in total. The van der Waals surface area contributed by atoms with Crippen molar-refractivity contribution in [3.05, 3.63) is 35.3 Å². The Labute approximate surface area is 181 Å². The van der Waals surface area contributed by atoms with Gasteiger partial charge in [0, 0.05) is 24.4 Å². The summed E-state index contributed by atoms with van der Waals surface area (Å²) in [4.78, 5) is 22.7. The monoisotopic (exact) mass is 453 g/mol. The van der Waals surface area contributed by atoms with Crippen molar-refractivity contribution in [3.63, 3.8) is 0 Å². The zero-order valence-corrected chi connectivity index (χ0v) is 18.0. The van der Waals surface area contributed by atoms with Crippen LogP contribution in [0.5, 0.6) is 5.75 Å². The molecule has 2 heterocycles. The maximum absolute atomic E-state index is 13.6. The van der Waals surface area contributed by atoms with Crippen LogP contribution in [0.3, 0.4) is 0 Å². The summed E-state index contributed by atoms with van der Waals surface area (Å²) in [6, 6.07) is 0.889. The number of nitrogens with one attached hydrogen (secondary N) is 2. The number of benzene rings is 1. The summed E-state index contributed by atoms with van der Waals surface area (Å²) in [6.07, 6.45) is 1.64. The van der Waals surface area contributed by atoms with Gasteiger partial charge in [0.05, 0.1) is 12.3 Å². The molecular weight excluding hydrogens is 431 g/mol. The molecule has 7 nitrogen and oxygen atoms in total. The molecule has 11 heteroatoms. The second-order valence-corrected chi connectivity index (χ2v) is 8.90. The van der Waals surface area contributed by atoms with Crippen LogP contribution in [0.25, 0.3) is 0 Å². The minimum Gasteiger partial charge on any atom is -0.490 e. The predicted octanol–water partition coefficient (Wildman–Crippen LogP) is 3.90. The number of amides is 1. The van der Waals surface area contributed by atoms with E-state index in [1.807, 2.05) is 18.9 Å². The highest BCUT2D eigenvalue weighted by Crippen LogP contribution is 2.38. The number of carbonyl (C=O) groups is 1. The second kappa shape index (κ2) is 8.45. The summed E-state index contributed by atoms with van der Waals surface area (Å²) in [5.41, 5.74) is 1.29. The number of aryl methyl sites for hydroxylation is 1. The first-order chi connectivity index (χ1) is 14.7. The van der Waals surface area contributed by atoms with Gasteiger partial charge in [-0.1, -0.05) is 0 Å². The van der Waals surface area contributed by atoms with Gasteiger partial charge in [0.2, 0.25) is 11.9 Å². The molecule has 1 aromatic heterocycles. The van der Waals surface area contributed by atoms with E-state index in [1.165, 1.54) is 11.9 Å². The Hall–Kier alpha value is -2.69. The lowest BCUT2D eigenvalue weighted by atomic mass is 9.85. The highest BCUT2D eigenvalue weighted by molar-refractivity contribution is 8.01. The standard InChI is InChI=1S/C20H22F3N5O2S/c1-9-17-18(28(3)10(2)19(29)25-17)26-20(24-9)27-31-12-4-11(5-12)8-30-16-7-14(22)13(21)6-15(16)23/h6-7,10-12H,4-5,8H2,1-3H3,(H,25,29)(H,24,26,27)/t10-,11?,12?/m1/s1. The largest absolute Gasteiger partial charge is 0.490 e.